The molecule has 0 aliphatic rings. The first kappa shape index (κ1) is 25.8. The Balaban J connectivity index is 0.00000342. The molecule has 0 aliphatic carbocycles. The van der Waals surface area contributed by atoms with E-state index in [-0.39, 0.29) is 13.2 Å². The lowest BCUT2D eigenvalue weighted by Crippen LogP contribution is -2.46. The van der Waals surface area contributed by atoms with Crippen molar-refractivity contribution in [3.8, 4) is 11.4 Å². The summed E-state index contributed by atoms with van der Waals surface area (Å²) in [5.74, 6) is -4.71. The van der Waals surface area contributed by atoms with Gasteiger partial charge in [-0.05, 0) is 61.9 Å². The molecule has 1 N–H and O–H groups in total. The zero-order chi connectivity index (χ0) is 24.5. The van der Waals surface area contributed by atoms with E-state index in [0.717, 1.165) is 22.0 Å². The molecule has 184 valence electrons. The summed E-state index contributed by atoms with van der Waals surface area (Å²) >= 11 is 0. The lowest BCUT2D eigenvalue weighted by molar-refractivity contribution is -0.144. The summed E-state index contributed by atoms with van der Waals surface area (Å²) in [5.41, 5.74) is 3.22. The number of hydrogen-bond donors (Lipinski definition) is 1. The molecule has 0 saturated carbocycles. The molecule has 2 atom stereocenters. The van der Waals surface area contributed by atoms with Crippen LogP contribution in [-0.4, -0.2) is 27.7 Å². The van der Waals surface area contributed by atoms with Gasteiger partial charge in [0, 0.05) is 12.3 Å². The molecule has 0 aliphatic heterocycles. The molecule has 0 unspecified atom stereocenters. The number of carbonyl (C=O) groups is 1. The molecule has 4 rings (SSSR count). The number of hydrogen-bond acceptors (Lipinski definition) is 3. The van der Waals surface area contributed by atoms with E-state index < -0.39 is 24.0 Å². The predicted octanol–water partition coefficient (Wildman–Crippen LogP) is 6.39. The summed E-state index contributed by atoms with van der Waals surface area (Å²) in [6.45, 7) is 4.10. The number of carbonyl (C=O) groups excluding carboxylic acids is 1. The fraction of sp³-hybridized carbons (Fsp3) is 0.259. The van der Waals surface area contributed by atoms with E-state index in [1.165, 1.54) is 12.1 Å². The van der Waals surface area contributed by atoms with Gasteiger partial charge in [0.2, 0.25) is 0 Å². The molecule has 0 spiro atoms. The van der Waals surface area contributed by atoms with Gasteiger partial charge in [-0.1, -0.05) is 37.3 Å². The first-order valence-corrected chi connectivity index (χ1v) is 10.8. The first-order valence-electron chi connectivity index (χ1n) is 10.8. The lowest BCUT2D eigenvalue weighted by Gasteiger charge is -2.27. The van der Waals surface area contributed by atoms with Gasteiger partial charge in [0.05, 0.1) is 23.4 Å². The van der Waals surface area contributed by atoms with Crippen LogP contribution in [0.2, 0.25) is 0 Å². The molecule has 3 aromatic carbocycles. The maximum atomic E-state index is 13.5. The van der Waals surface area contributed by atoms with Crippen molar-refractivity contribution in [3.05, 3.63) is 89.9 Å². The second-order valence-electron chi connectivity index (χ2n) is 8.36. The fourth-order valence-corrected chi connectivity index (χ4v) is 3.73. The second kappa shape index (κ2) is 10.2. The third-order valence-electron chi connectivity index (χ3n) is 5.46. The van der Waals surface area contributed by atoms with Crippen molar-refractivity contribution in [2.24, 2.45) is 0 Å². The topological polar surface area (TPSA) is 56.1 Å². The van der Waals surface area contributed by atoms with Crippen molar-refractivity contribution < 1.29 is 22.7 Å². The maximum absolute atomic E-state index is 13.5. The minimum atomic E-state index is -3.50. The number of aromatic nitrogens is 2. The Hall–Kier alpha value is -3.81. The number of halogens is 3. The number of fused-ring (bicyclic) bond motifs is 1. The zero-order valence-electron chi connectivity index (χ0n) is 18.9. The monoisotopic (exact) mass is 483 g/mol. The number of amides is 1. The Bertz CT molecular complexity index is 1310. The van der Waals surface area contributed by atoms with Gasteiger partial charge in [-0.15, -0.1) is 0 Å². The standard InChI is InChI=1S/C26H24F3N3O2.CH4/c1-16-5-4-6-18(13-16)24(17(2)31-25(33)26(3,28)29)34-22-11-12-23-19(14-22)15-30-32(23)21-9-7-20(27)8-10-21;/h4-15,17,24H,1-3H3,(H,31,33);1H4/t17-,24-;/m0./s1. The van der Waals surface area contributed by atoms with Crippen LogP contribution in [0.25, 0.3) is 16.6 Å². The summed E-state index contributed by atoms with van der Waals surface area (Å²) in [4.78, 5) is 11.9. The van der Waals surface area contributed by atoms with Gasteiger partial charge in [-0.2, -0.15) is 13.9 Å². The normalized spacial score (nSPS) is 13.1. The van der Waals surface area contributed by atoms with Crippen LogP contribution in [0.4, 0.5) is 13.2 Å². The third kappa shape index (κ3) is 5.82. The number of nitrogens with one attached hydrogen (secondary N) is 1. The van der Waals surface area contributed by atoms with Gasteiger partial charge in [0.25, 0.3) is 5.91 Å². The van der Waals surface area contributed by atoms with Crippen molar-refractivity contribution in [2.45, 2.75) is 46.3 Å². The molecule has 1 heterocycles. The molecule has 1 aromatic heterocycles. The number of ether oxygens (including phenoxy) is 1. The minimum absolute atomic E-state index is 0. The van der Waals surface area contributed by atoms with Crippen LogP contribution in [0, 0.1) is 12.7 Å². The van der Waals surface area contributed by atoms with Crippen molar-refractivity contribution in [1.82, 2.24) is 15.1 Å². The summed E-state index contributed by atoms with van der Waals surface area (Å²) in [5, 5.41) is 7.53. The van der Waals surface area contributed by atoms with Gasteiger partial charge >= 0.3 is 5.92 Å². The first-order chi connectivity index (χ1) is 16.1. The van der Waals surface area contributed by atoms with Gasteiger partial charge < -0.3 is 10.1 Å². The van der Waals surface area contributed by atoms with Crippen molar-refractivity contribution in [1.29, 1.82) is 0 Å². The fourth-order valence-electron chi connectivity index (χ4n) is 3.73. The van der Waals surface area contributed by atoms with Crippen LogP contribution in [0.1, 0.15) is 38.5 Å². The van der Waals surface area contributed by atoms with E-state index in [1.807, 2.05) is 37.3 Å². The molecule has 0 bridgehead atoms. The van der Waals surface area contributed by atoms with Crippen LogP contribution in [0.15, 0.2) is 72.9 Å². The van der Waals surface area contributed by atoms with Crippen LogP contribution in [-0.2, 0) is 4.79 Å². The Labute approximate surface area is 202 Å². The van der Waals surface area contributed by atoms with E-state index >= 15 is 0 Å². The predicted molar refractivity (Wildman–Crippen MR) is 131 cm³/mol. The van der Waals surface area contributed by atoms with Gasteiger partial charge in [-0.25, -0.2) is 9.07 Å². The highest BCUT2D eigenvalue weighted by molar-refractivity contribution is 5.83. The Morgan fingerprint density at radius 1 is 1.09 bits per heavy atom. The second-order valence-corrected chi connectivity index (χ2v) is 8.36. The molecule has 5 nitrogen and oxygen atoms in total. The molecule has 0 saturated heterocycles. The number of rotatable bonds is 7. The molecule has 0 radical (unpaired) electrons. The molecule has 35 heavy (non-hydrogen) atoms. The maximum Gasteiger partial charge on any atom is 0.321 e. The van der Waals surface area contributed by atoms with E-state index in [4.69, 9.17) is 4.74 Å². The summed E-state index contributed by atoms with van der Waals surface area (Å²) < 4.78 is 48.2. The molecule has 0 fully saturated rings. The van der Waals surface area contributed by atoms with E-state index in [1.54, 1.807) is 42.1 Å². The summed E-state index contributed by atoms with van der Waals surface area (Å²) in [6, 6.07) is 18.1. The molecule has 8 heteroatoms. The highest BCUT2D eigenvalue weighted by Gasteiger charge is 2.35. The average Bonchev–Trinajstić information content (AvgIpc) is 3.20. The average molecular weight is 484 g/mol. The van der Waals surface area contributed by atoms with Gasteiger partial charge in [-0.3, -0.25) is 4.79 Å². The Morgan fingerprint density at radius 3 is 2.46 bits per heavy atom. The molecule has 4 aromatic rings. The van der Waals surface area contributed by atoms with Crippen molar-refractivity contribution in [2.75, 3.05) is 0 Å². The largest absolute Gasteiger partial charge is 0.484 e. The van der Waals surface area contributed by atoms with Gasteiger partial charge in [0.1, 0.15) is 17.7 Å². The number of benzene rings is 3. The smallest absolute Gasteiger partial charge is 0.321 e. The van der Waals surface area contributed by atoms with Crippen molar-refractivity contribution in [3.63, 3.8) is 0 Å². The lowest BCUT2D eigenvalue weighted by atomic mass is 10.0. The van der Waals surface area contributed by atoms with Crippen LogP contribution in [0.5, 0.6) is 5.75 Å². The Morgan fingerprint density at radius 2 is 1.80 bits per heavy atom. The number of alkyl halides is 2. The number of nitrogens with zero attached hydrogens (tertiary/aromatic N) is 2. The van der Waals surface area contributed by atoms with Gasteiger partial charge in [0.15, 0.2) is 0 Å². The molecular formula is C27H28F3N3O2. The van der Waals surface area contributed by atoms with E-state index in [9.17, 15) is 18.0 Å². The van der Waals surface area contributed by atoms with E-state index in [0.29, 0.717) is 18.4 Å². The SMILES string of the molecule is C.Cc1cccc([C@@H](Oc2ccc3c(cnn3-c3ccc(F)cc3)c2)[C@H](C)NC(=O)C(C)(F)F)c1. The highest BCUT2D eigenvalue weighted by Crippen LogP contribution is 2.30. The Kier molecular flexibility index (Phi) is 7.53. The molecular weight excluding hydrogens is 455 g/mol. The zero-order valence-corrected chi connectivity index (χ0v) is 18.9. The van der Waals surface area contributed by atoms with Crippen LogP contribution < -0.4 is 10.1 Å². The van der Waals surface area contributed by atoms with Crippen LogP contribution >= 0.6 is 0 Å². The molecule has 1 amide bonds. The van der Waals surface area contributed by atoms with Crippen LogP contribution in [0.3, 0.4) is 0 Å². The highest BCUT2D eigenvalue weighted by atomic mass is 19.3. The quantitative estimate of drug-likeness (QED) is 0.331. The summed E-state index contributed by atoms with van der Waals surface area (Å²) in [7, 11) is 0. The third-order valence-corrected chi connectivity index (χ3v) is 5.46. The van der Waals surface area contributed by atoms with E-state index in [2.05, 4.69) is 10.4 Å². The minimum Gasteiger partial charge on any atom is -0.484 e. The summed E-state index contributed by atoms with van der Waals surface area (Å²) in [6.07, 6.45) is 0.951. The number of aryl methyl sites for hydroxylation is 1. The van der Waals surface area contributed by atoms with Crippen molar-refractivity contribution >= 4 is 16.8 Å².